The SMILES string of the molecule is FCCOc1ccnc(-c2cnc3ccc(Cl)nn23)c1. The molecular weight excluding hydrogens is 283 g/mol. The first-order chi connectivity index (χ1) is 9.78. The molecule has 3 aromatic rings. The Hall–Kier alpha value is -2.21. The van der Waals surface area contributed by atoms with Crippen molar-refractivity contribution in [3.05, 3.63) is 41.8 Å². The van der Waals surface area contributed by atoms with Crippen molar-refractivity contribution in [3.63, 3.8) is 0 Å². The van der Waals surface area contributed by atoms with Gasteiger partial charge in [0.25, 0.3) is 0 Å². The quantitative estimate of drug-likeness (QED) is 0.742. The lowest BCUT2D eigenvalue weighted by Crippen LogP contribution is -2.00. The van der Waals surface area contributed by atoms with Gasteiger partial charge >= 0.3 is 0 Å². The van der Waals surface area contributed by atoms with Gasteiger partial charge in [-0.05, 0) is 18.2 Å². The smallest absolute Gasteiger partial charge is 0.154 e. The van der Waals surface area contributed by atoms with Crippen LogP contribution in [0.15, 0.2) is 36.7 Å². The van der Waals surface area contributed by atoms with E-state index in [9.17, 15) is 4.39 Å². The molecule has 0 unspecified atom stereocenters. The van der Waals surface area contributed by atoms with Gasteiger partial charge in [0.05, 0.1) is 11.9 Å². The minimum Gasteiger partial charge on any atom is -0.491 e. The van der Waals surface area contributed by atoms with Crippen molar-refractivity contribution in [1.82, 2.24) is 19.6 Å². The lowest BCUT2D eigenvalue weighted by atomic mass is 10.3. The van der Waals surface area contributed by atoms with E-state index in [1.807, 2.05) is 0 Å². The summed E-state index contributed by atoms with van der Waals surface area (Å²) >= 11 is 5.89. The number of alkyl halides is 1. The van der Waals surface area contributed by atoms with Crippen LogP contribution in [0, 0.1) is 0 Å². The van der Waals surface area contributed by atoms with Crippen molar-refractivity contribution >= 4 is 17.2 Å². The molecule has 0 atom stereocenters. The molecule has 102 valence electrons. The number of aromatic nitrogens is 4. The van der Waals surface area contributed by atoms with Crippen molar-refractivity contribution in [1.29, 1.82) is 0 Å². The number of ether oxygens (including phenoxy) is 1. The number of hydrogen-bond donors (Lipinski definition) is 0. The van der Waals surface area contributed by atoms with E-state index in [0.29, 0.717) is 27.9 Å². The highest BCUT2D eigenvalue weighted by Crippen LogP contribution is 2.22. The van der Waals surface area contributed by atoms with Crippen LogP contribution < -0.4 is 4.74 Å². The molecule has 20 heavy (non-hydrogen) atoms. The molecule has 0 radical (unpaired) electrons. The first-order valence-corrected chi connectivity index (χ1v) is 6.31. The first kappa shape index (κ1) is 12.8. The molecule has 0 N–H and O–H groups in total. The minimum absolute atomic E-state index is 0.0146. The van der Waals surface area contributed by atoms with Crippen molar-refractivity contribution in [2.75, 3.05) is 13.3 Å². The fourth-order valence-corrected chi connectivity index (χ4v) is 1.96. The van der Waals surface area contributed by atoms with E-state index in [0.717, 1.165) is 0 Å². The highest BCUT2D eigenvalue weighted by molar-refractivity contribution is 6.29. The van der Waals surface area contributed by atoms with Crippen LogP contribution in [0.25, 0.3) is 17.0 Å². The molecular formula is C13H10ClFN4O. The van der Waals surface area contributed by atoms with Crippen molar-refractivity contribution in [2.24, 2.45) is 0 Å². The van der Waals surface area contributed by atoms with E-state index >= 15 is 0 Å². The molecule has 0 bridgehead atoms. The van der Waals surface area contributed by atoms with E-state index in [1.54, 1.807) is 41.2 Å². The van der Waals surface area contributed by atoms with E-state index < -0.39 is 6.67 Å². The average Bonchev–Trinajstić information content (AvgIpc) is 2.88. The van der Waals surface area contributed by atoms with E-state index in [2.05, 4.69) is 15.1 Å². The van der Waals surface area contributed by atoms with Gasteiger partial charge in [-0.3, -0.25) is 4.98 Å². The normalized spacial score (nSPS) is 10.9. The van der Waals surface area contributed by atoms with Crippen molar-refractivity contribution < 1.29 is 9.13 Å². The van der Waals surface area contributed by atoms with Gasteiger partial charge in [-0.1, -0.05) is 11.6 Å². The van der Waals surface area contributed by atoms with Crippen LogP contribution in [-0.4, -0.2) is 32.9 Å². The molecule has 0 aromatic carbocycles. The fourth-order valence-electron chi connectivity index (χ4n) is 1.82. The number of imidazole rings is 1. The summed E-state index contributed by atoms with van der Waals surface area (Å²) in [5, 5.41) is 4.55. The zero-order chi connectivity index (χ0) is 13.9. The molecule has 3 heterocycles. The second-order valence-electron chi connectivity index (χ2n) is 3.98. The maximum atomic E-state index is 12.1. The summed E-state index contributed by atoms with van der Waals surface area (Å²) in [6.07, 6.45) is 3.24. The van der Waals surface area contributed by atoms with Crippen LogP contribution in [0.4, 0.5) is 4.39 Å². The highest BCUT2D eigenvalue weighted by atomic mass is 35.5. The number of nitrogens with zero attached hydrogens (tertiary/aromatic N) is 4. The van der Waals surface area contributed by atoms with Gasteiger partial charge in [0.2, 0.25) is 0 Å². The molecule has 7 heteroatoms. The average molecular weight is 293 g/mol. The summed E-state index contributed by atoms with van der Waals surface area (Å²) in [5.41, 5.74) is 1.98. The Bertz CT molecular complexity index is 746. The monoisotopic (exact) mass is 292 g/mol. The molecule has 0 spiro atoms. The molecule has 3 aromatic heterocycles. The largest absolute Gasteiger partial charge is 0.491 e. The summed E-state index contributed by atoms with van der Waals surface area (Å²) in [5.74, 6) is 0.546. The predicted octanol–water partition coefficient (Wildman–Crippen LogP) is 2.79. The Morgan fingerprint density at radius 1 is 1.25 bits per heavy atom. The van der Waals surface area contributed by atoms with Gasteiger partial charge in [-0.15, -0.1) is 0 Å². The summed E-state index contributed by atoms with van der Waals surface area (Å²) in [4.78, 5) is 8.48. The van der Waals surface area contributed by atoms with Crippen LogP contribution >= 0.6 is 11.6 Å². The first-order valence-electron chi connectivity index (χ1n) is 5.93. The number of hydrogen-bond acceptors (Lipinski definition) is 4. The lowest BCUT2D eigenvalue weighted by Gasteiger charge is -2.05. The summed E-state index contributed by atoms with van der Waals surface area (Å²) < 4.78 is 19.0. The third-order valence-electron chi connectivity index (χ3n) is 2.67. The zero-order valence-electron chi connectivity index (χ0n) is 10.3. The second-order valence-corrected chi connectivity index (χ2v) is 4.37. The topological polar surface area (TPSA) is 52.3 Å². The number of pyridine rings is 1. The number of halogens is 2. The molecule has 0 saturated carbocycles. The van der Waals surface area contributed by atoms with Crippen molar-refractivity contribution in [3.8, 4) is 17.1 Å². The summed E-state index contributed by atoms with van der Waals surface area (Å²) in [6.45, 7) is -0.523. The Balaban J connectivity index is 2.04. The van der Waals surface area contributed by atoms with E-state index in [-0.39, 0.29) is 6.61 Å². The summed E-state index contributed by atoms with van der Waals surface area (Å²) in [6, 6.07) is 6.81. The van der Waals surface area contributed by atoms with Crippen LogP contribution in [-0.2, 0) is 0 Å². The number of fused-ring (bicyclic) bond motifs is 1. The maximum absolute atomic E-state index is 12.1. The molecule has 0 amide bonds. The van der Waals surface area contributed by atoms with Gasteiger partial charge in [0.15, 0.2) is 5.65 Å². The maximum Gasteiger partial charge on any atom is 0.154 e. The highest BCUT2D eigenvalue weighted by Gasteiger charge is 2.09. The molecule has 0 saturated heterocycles. The van der Waals surface area contributed by atoms with Crippen LogP contribution in [0.1, 0.15) is 0 Å². The Morgan fingerprint density at radius 2 is 2.15 bits per heavy atom. The Morgan fingerprint density at radius 3 is 3.00 bits per heavy atom. The van der Waals surface area contributed by atoms with Crippen molar-refractivity contribution in [2.45, 2.75) is 0 Å². The second kappa shape index (κ2) is 5.42. The Labute approximate surface area is 119 Å². The molecule has 0 aliphatic carbocycles. The van der Waals surface area contributed by atoms with Crippen LogP contribution in [0.5, 0.6) is 5.75 Å². The van der Waals surface area contributed by atoms with E-state index in [4.69, 9.17) is 16.3 Å². The summed E-state index contributed by atoms with van der Waals surface area (Å²) in [7, 11) is 0. The standard InChI is InChI=1S/C13H10ClFN4O/c14-12-1-2-13-17-8-11(19(13)18-12)10-7-9(3-5-16-10)20-6-4-15/h1-3,5,7-8H,4,6H2. The van der Waals surface area contributed by atoms with Gasteiger partial charge in [0, 0.05) is 12.3 Å². The molecule has 3 rings (SSSR count). The van der Waals surface area contributed by atoms with Gasteiger partial charge in [0.1, 0.15) is 29.9 Å². The third kappa shape index (κ3) is 2.42. The number of rotatable bonds is 4. The lowest BCUT2D eigenvalue weighted by molar-refractivity contribution is 0.273. The molecule has 5 nitrogen and oxygen atoms in total. The van der Waals surface area contributed by atoms with Crippen LogP contribution in [0.2, 0.25) is 5.15 Å². The minimum atomic E-state index is -0.537. The molecule has 0 aliphatic heterocycles. The zero-order valence-corrected chi connectivity index (χ0v) is 11.1. The molecule has 0 aliphatic rings. The Kier molecular flexibility index (Phi) is 3.47. The van der Waals surface area contributed by atoms with E-state index in [1.165, 1.54) is 0 Å². The predicted molar refractivity (Wildman–Crippen MR) is 72.7 cm³/mol. The van der Waals surface area contributed by atoms with Gasteiger partial charge in [-0.2, -0.15) is 5.10 Å². The van der Waals surface area contributed by atoms with Gasteiger partial charge in [-0.25, -0.2) is 13.9 Å². The third-order valence-corrected chi connectivity index (χ3v) is 2.87. The fraction of sp³-hybridized carbons (Fsp3) is 0.154. The van der Waals surface area contributed by atoms with Gasteiger partial charge < -0.3 is 4.74 Å². The molecule has 0 fully saturated rings. The van der Waals surface area contributed by atoms with Crippen LogP contribution in [0.3, 0.4) is 0 Å².